The lowest BCUT2D eigenvalue weighted by molar-refractivity contribution is -0.139. The number of Topliss-reactive ketones (excluding diaryl/α,β-unsaturated/α-hetero) is 1. The maximum Gasteiger partial charge on any atom is 0.295 e. The van der Waals surface area contributed by atoms with E-state index in [1.165, 1.54) is 0 Å². The van der Waals surface area contributed by atoms with Crippen molar-refractivity contribution >= 4 is 17.4 Å². The minimum absolute atomic E-state index is 0.0975. The van der Waals surface area contributed by atoms with Gasteiger partial charge in [-0.25, -0.2) is 0 Å². The minimum atomic E-state index is -0.731. The van der Waals surface area contributed by atoms with Gasteiger partial charge < -0.3 is 24.4 Å². The second-order valence-electron chi connectivity index (χ2n) is 9.58. The molecule has 0 aliphatic carbocycles. The molecule has 0 aromatic heterocycles. The number of carbonyl (C=O) groups is 2. The molecule has 0 bridgehead atoms. The lowest BCUT2D eigenvalue weighted by Crippen LogP contribution is -2.32. The van der Waals surface area contributed by atoms with E-state index < -0.39 is 17.7 Å². The fourth-order valence-corrected chi connectivity index (χ4v) is 4.45. The van der Waals surface area contributed by atoms with Crippen molar-refractivity contribution in [2.45, 2.75) is 46.1 Å². The molecule has 3 rings (SSSR count). The van der Waals surface area contributed by atoms with Gasteiger partial charge in [-0.2, -0.15) is 0 Å². The van der Waals surface area contributed by atoms with E-state index in [4.69, 9.17) is 9.47 Å². The smallest absolute Gasteiger partial charge is 0.295 e. The van der Waals surface area contributed by atoms with Gasteiger partial charge in [-0.05, 0) is 76.7 Å². The first-order chi connectivity index (χ1) is 17.2. The number of aliphatic hydroxyl groups excluding tert-OH is 1. The Morgan fingerprint density at radius 3 is 2.47 bits per heavy atom. The summed E-state index contributed by atoms with van der Waals surface area (Å²) in [5, 5.41) is 11.4. The molecule has 1 aliphatic rings. The Bertz CT molecular complexity index is 1140. The van der Waals surface area contributed by atoms with Crippen LogP contribution in [0.15, 0.2) is 42.0 Å². The van der Waals surface area contributed by atoms with Crippen LogP contribution in [0.1, 0.15) is 54.5 Å². The first-order valence-corrected chi connectivity index (χ1v) is 12.5. The van der Waals surface area contributed by atoms with E-state index in [1.54, 1.807) is 18.1 Å². The van der Waals surface area contributed by atoms with Gasteiger partial charge >= 0.3 is 0 Å². The molecule has 1 amide bonds. The zero-order valence-corrected chi connectivity index (χ0v) is 22.3. The zero-order chi connectivity index (χ0) is 26.4. The average Bonchev–Trinajstić information content (AvgIpc) is 3.10. The fourth-order valence-electron chi connectivity index (χ4n) is 4.45. The second kappa shape index (κ2) is 12.1. The summed E-state index contributed by atoms with van der Waals surface area (Å²) in [5.41, 5.74) is 3.12. The van der Waals surface area contributed by atoms with Crippen LogP contribution in [0.5, 0.6) is 11.5 Å². The van der Waals surface area contributed by atoms with Gasteiger partial charge in [0.05, 0.1) is 25.3 Å². The summed E-state index contributed by atoms with van der Waals surface area (Å²) in [5.74, 6) is -0.307. The molecule has 7 nitrogen and oxygen atoms in total. The van der Waals surface area contributed by atoms with Gasteiger partial charge in [-0.3, -0.25) is 9.59 Å². The molecule has 1 N–H and O–H groups in total. The highest BCUT2D eigenvalue weighted by molar-refractivity contribution is 6.46. The van der Waals surface area contributed by atoms with Crippen molar-refractivity contribution in [2.75, 3.05) is 40.9 Å². The number of aryl methyl sites for hydroxylation is 2. The maximum absolute atomic E-state index is 13.3. The molecule has 1 saturated heterocycles. The summed E-state index contributed by atoms with van der Waals surface area (Å²) in [4.78, 5) is 30.1. The van der Waals surface area contributed by atoms with Crippen LogP contribution in [0.4, 0.5) is 0 Å². The zero-order valence-electron chi connectivity index (χ0n) is 22.3. The fraction of sp³-hybridized carbons (Fsp3) is 0.448. The van der Waals surface area contributed by atoms with E-state index in [-0.39, 0.29) is 11.3 Å². The summed E-state index contributed by atoms with van der Waals surface area (Å²) in [6.07, 6.45) is 2.63. The molecule has 0 radical (unpaired) electrons. The number of hydrogen-bond acceptors (Lipinski definition) is 6. The molecule has 0 spiro atoms. The molecule has 2 aromatic rings. The standard InChI is InChI=1S/C29H38N2O5/c1-7-8-16-36-23-13-12-21(18-24(23)35-6)26-25(27(32)22-17-19(2)10-11-20(22)3)28(33)29(34)31(26)15-9-14-30(4)5/h10-13,17-18,26,32H,7-9,14-16H2,1-6H3. The highest BCUT2D eigenvalue weighted by Gasteiger charge is 2.46. The summed E-state index contributed by atoms with van der Waals surface area (Å²) < 4.78 is 11.5. The number of unbranched alkanes of at least 4 members (excludes halogenated alkanes) is 1. The van der Waals surface area contributed by atoms with Gasteiger partial charge in [-0.1, -0.05) is 37.1 Å². The van der Waals surface area contributed by atoms with E-state index in [1.807, 2.05) is 63.2 Å². The average molecular weight is 495 g/mol. The number of methoxy groups -OCH3 is 1. The van der Waals surface area contributed by atoms with E-state index in [9.17, 15) is 14.7 Å². The third-order valence-electron chi connectivity index (χ3n) is 6.45. The van der Waals surface area contributed by atoms with Gasteiger partial charge in [0, 0.05) is 12.1 Å². The number of ketones is 1. The molecule has 7 heteroatoms. The highest BCUT2D eigenvalue weighted by atomic mass is 16.5. The quantitative estimate of drug-likeness (QED) is 0.208. The molecule has 1 heterocycles. The molecular formula is C29H38N2O5. The second-order valence-corrected chi connectivity index (χ2v) is 9.58. The highest BCUT2D eigenvalue weighted by Crippen LogP contribution is 2.42. The van der Waals surface area contributed by atoms with Crippen LogP contribution in [0.3, 0.4) is 0 Å². The number of carbonyl (C=O) groups excluding carboxylic acids is 2. The predicted molar refractivity (Wildman–Crippen MR) is 141 cm³/mol. The van der Waals surface area contributed by atoms with Crippen molar-refractivity contribution in [2.24, 2.45) is 0 Å². The Labute approximate surface area is 214 Å². The Balaban J connectivity index is 2.13. The SMILES string of the molecule is CCCCOc1ccc(C2C(=C(O)c3cc(C)ccc3C)C(=O)C(=O)N2CCCN(C)C)cc1OC. The number of likely N-dealkylation sites (tertiary alicyclic amines) is 1. The Morgan fingerprint density at radius 2 is 1.81 bits per heavy atom. The predicted octanol–water partition coefficient (Wildman–Crippen LogP) is 4.86. The van der Waals surface area contributed by atoms with Crippen molar-refractivity contribution in [3.05, 3.63) is 64.2 Å². The van der Waals surface area contributed by atoms with E-state index in [0.717, 1.165) is 30.5 Å². The van der Waals surface area contributed by atoms with Crippen LogP contribution < -0.4 is 9.47 Å². The Hall–Kier alpha value is -3.32. The van der Waals surface area contributed by atoms with E-state index >= 15 is 0 Å². The molecule has 194 valence electrons. The lowest BCUT2D eigenvalue weighted by atomic mass is 9.93. The van der Waals surface area contributed by atoms with Gasteiger partial charge in [0.2, 0.25) is 0 Å². The first-order valence-electron chi connectivity index (χ1n) is 12.5. The normalized spacial score (nSPS) is 17.2. The third-order valence-corrected chi connectivity index (χ3v) is 6.45. The summed E-state index contributed by atoms with van der Waals surface area (Å²) >= 11 is 0. The lowest BCUT2D eigenvalue weighted by Gasteiger charge is -2.26. The monoisotopic (exact) mass is 494 g/mol. The van der Waals surface area contributed by atoms with Crippen LogP contribution in [0, 0.1) is 13.8 Å². The number of amides is 1. The van der Waals surface area contributed by atoms with Gasteiger partial charge in [0.1, 0.15) is 5.76 Å². The molecule has 1 fully saturated rings. The van der Waals surface area contributed by atoms with Crippen LogP contribution in [0.2, 0.25) is 0 Å². The van der Waals surface area contributed by atoms with Crippen molar-refractivity contribution in [1.82, 2.24) is 9.80 Å². The molecule has 1 atom stereocenters. The van der Waals surface area contributed by atoms with Crippen molar-refractivity contribution in [1.29, 1.82) is 0 Å². The number of hydrogen-bond donors (Lipinski definition) is 1. The third kappa shape index (κ3) is 5.90. The summed E-state index contributed by atoms with van der Waals surface area (Å²) in [7, 11) is 5.50. The number of nitrogens with zero attached hydrogens (tertiary/aromatic N) is 2. The number of aliphatic hydroxyl groups is 1. The molecule has 2 aromatic carbocycles. The summed E-state index contributed by atoms with van der Waals surface area (Å²) in [6.45, 7) is 7.62. The van der Waals surface area contributed by atoms with Gasteiger partial charge in [0.15, 0.2) is 11.5 Å². The minimum Gasteiger partial charge on any atom is -0.507 e. The molecule has 0 saturated carbocycles. The van der Waals surface area contributed by atoms with Crippen molar-refractivity contribution in [3.63, 3.8) is 0 Å². The summed E-state index contributed by atoms with van der Waals surface area (Å²) in [6, 6.07) is 10.4. The number of ether oxygens (including phenoxy) is 2. The number of benzene rings is 2. The maximum atomic E-state index is 13.3. The molecule has 36 heavy (non-hydrogen) atoms. The van der Waals surface area contributed by atoms with Crippen LogP contribution >= 0.6 is 0 Å². The van der Waals surface area contributed by atoms with Crippen molar-refractivity contribution < 1.29 is 24.2 Å². The van der Waals surface area contributed by atoms with Crippen LogP contribution in [0.25, 0.3) is 5.76 Å². The van der Waals surface area contributed by atoms with Gasteiger partial charge in [-0.15, -0.1) is 0 Å². The van der Waals surface area contributed by atoms with E-state index in [0.29, 0.717) is 42.2 Å². The molecular weight excluding hydrogens is 456 g/mol. The molecule has 1 aliphatic heterocycles. The van der Waals surface area contributed by atoms with Crippen LogP contribution in [-0.2, 0) is 9.59 Å². The van der Waals surface area contributed by atoms with Gasteiger partial charge in [0.25, 0.3) is 11.7 Å². The Kier molecular flexibility index (Phi) is 9.15. The van der Waals surface area contributed by atoms with Crippen molar-refractivity contribution in [3.8, 4) is 11.5 Å². The molecule has 1 unspecified atom stereocenters. The van der Waals surface area contributed by atoms with E-state index in [2.05, 4.69) is 6.92 Å². The number of rotatable bonds is 11. The first kappa shape index (κ1) is 27.3. The topological polar surface area (TPSA) is 79.3 Å². The Morgan fingerprint density at radius 1 is 1.06 bits per heavy atom. The largest absolute Gasteiger partial charge is 0.507 e. The van der Waals surface area contributed by atoms with Crippen LogP contribution in [-0.4, -0.2) is 67.5 Å².